The van der Waals surface area contributed by atoms with Crippen molar-refractivity contribution in [1.82, 2.24) is 0 Å². The minimum atomic E-state index is -0.584. The van der Waals surface area contributed by atoms with Crippen LogP contribution in [-0.4, -0.2) is 0 Å². The number of rotatable bonds is 0. The SMILES string of the molecule is Cc1ccc2oc(=O)c(N)c(N)c2c1. The van der Waals surface area contributed by atoms with Gasteiger partial charge in [-0.05, 0) is 19.1 Å². The highest BCUT2D eigenvalue weighted by molar-refractivity contribution is 5.94. The zero-order chi connectivity index (χ0) is 10.3. The molecule has 0 unspecified atom stereocenters. The molecule has 0 radical (unpaired) electrons. The van der Waals surface area contributed by atoms with Crippen molar-refractivity contribution >= 4 is 22.3 Å². The average molecular weight is 190 g/mol. The third-order valence-corrected chi connectivity index (χ3v) is 2.14. The van der Waals surface area contributed by atoms with Crippen LogP contribution in [-0.2, 0) is 0 Å². The lowest BCUT2D eigenvalue weighted by Crippen LogP contribution is -2.10. The maximum atomic E-state index is 11.2. The van der Waals surface area contributed by atoms with Gasteiger partial charge in [-0.2, -0.15) is 0 Å². The molecule has 2 rings (SSSR count). The topological polar surface area (TPSA) is 82.2 Å². The molecule has 1 aromatic heterocycles. The van der Waals surface area contributed by atoms with Crippen LogP contribution in [0.4, 0.5) is 11.4 Å². The average Bonchev–Trinajstić information content (AvgIpc) is 2.16. The molecule has 14 heavy (non-hydrogen) atoms. The number of hydrogen-bond acceptors (Lipinski definition) is 4. The standard InChI is InChI=1S/C10H10N2O2/c1-5-2-3-7-6(4-5)8(11)9(12)10(13)14-7/h2-4H,11-12H2,1H3. The van der Waals surface area contributed by atoms with Crippen LogP contribution in [0, 0.1) is 6.92 Å². The number of anilines is 2. The van der Waals surface area contributed by atoms with Crippen molar-refractivity contribution in [2.24, 2.45) is 0 Å². The third-order valence-electron chi connectivity index (χ3n) is 2.14. The van der Waals surface area contributed by atoms with Gasteiger partial charge in [-0.15, -0.1) is 0 Å². The fraction of sp³-hybridized carbons (Fsp3) is 0.100. The van der Waals surface area contributed by atoms with Crippen molar-refractivity contribution < 1.29 is 4.42 Å². The van der Waals surface area contributed by atoms with E-state index in [2.05, 4.69) is 0 Å². The number of aryl methyl sites for hydroxylation is 1. The second-order valence-corrected chi connectivity index (χ2v) is 3.22. The zero-order valence-electron chi connectivity index (χ0n) is 7.70. The summed E-state index contributed by atoms with van der Waals surface area (Å²) in [6, 6.07) is 5.40. The Hall–Kier alpha value is -1.97. The molecular weight excluding hydrogens is 180 g/mol. The van der Waals surface area contributed by atoms with Crippen molar-refractivity contribution in [2.75, 3.05) is 11.5 Å². The molecule has 4 N–H and O–H groups in total. The largest absolute Gasteiger partial charge is 0.421 e. The Kier molecular flexibility index (Phi) is 1.70. The summed E-state index contributed by atoms with van der Waals surface area (Å²) < 4.78 is 4.97. The molecule has 0 atom stereocenters. The van der Waals surface area contributed by atoms with Gasteiger partial charge in [0.15, 0.2) is 0 Å². The molecule has 0 bridgehead atoms. The second kappa shape index (κ2) is 2.77. The van der Waals surface area contributed by atoms with Crippen LogP contribution in [0.5, 0.6) is 0 Å². The van der Waals surface area contributed by atoms with Crippen LogP contribution in [0.15, 0.2) is 27.4 Å². The lowest BCUT2D eigenvalue weighted by atomic mass is 10.1. The van der Waals surface area contributed by atoms with Gasteiger partial charge >= 0.3 is 5.63 Å². The van der Waals surface area contributed by atoms with E-state index in [1.54, 1.807) is 6.07 Å². The van der Waals surface area contributed by atoms with Gasteiger partial charge in [0.1, 0.15) is 11.3 Å². The Labute approximate surface area is 80.1 Å². The zero-order valence-corrected chi connectivity index (χ0v) is 7.70. The molecule has 0 amide bonds. The Morgan fingerprint density at radius 3 is 2.64 bits per heavy atom. The minimum Gasteiger partial charge on any atom is -0.421 e. The van der Waals surface area contributed by atoms with Gasteiger partial charge in [-0.1, -0.05) is 11.6 Å². The summed E-state index contributed by atoms with van der Waals surface area (Å²) in [7, 11) is 0. The van der Waals surface area contributed by atoms with Crippen LogP contribution in [0.1, 0.15) is 5.56 Å². The number of benzene rings is 1. The summed E-state index contributed by atoms with van der Waals surface area (Å²) in [6.45, 7) is 1.93. The van der Waals surface area contributed by atoms with E-state index in [-0.39, 0.29) is 5.69 Å². The molecule has 0 saturated heterocycles. The Morgan fingerprint density at radius 1 is 1.21 bits per heavy atom. The van der Waals surface area contributed by atoms with E-state index in [1.807, 2.05) is 19.1 Å². The van der Waals surface area contributed by atoms with Crippen LogP contribution < -0.4 is 17.1 Å². The molecule has 2 aromatic rings. The van der Waals surface area contributed by atoms with Crippen molar-refractivity contribution in [2.45, 2.75) is 6.92 Å². The van der Waals surface area contributed by atoms with Crippen LogP contribution >= 0.6 is 0 Å². The lowest BCUT2D eigenvalue weighted by Gasteiger charge is -2.03. The Morgan fingerprint density at radius 2 is 1.93 bits per heavy atom. The van der Waals surface area contributed by atoms with Crippen molar-refractivity contribution in [3.63, 3.8) is 0 Å². The molecule has 0 aliphatic carbocycles. The smallest absolute Gasteiger partial charge is 0.361 e. The number of nitrogen functional groups attached to an aromatic ring is 2. The van der Waals surface area contributed by atoms with Crippen LogP contribution in [0.25, 0.3) is 11.0 Å². The molecule has 1 aromatic carbocycles. The highest BCUT2D eigenvalue weighted by Crippen LogP contribution is 2.24. The summed E-state index contributed by atoms with van der Waals surface area (Å²) in [6.07, 6.45) is 0. The second-order valence-electron chi connectivity index (χ2n) is 3.22. The van der Waals surface area contributed by atoms with Crippen molar-refractivity contribution in [1.29, 1.82) is 0 Å². The number of fused-ring (bicyclic) bond motifs is 1. The molecule has 1 heterocycles. The molecule has 0 saturated carbocycles. The predicted octanol–water partition coefficient (Wildman–Crippen LogP) is 1.27. The minimum absolute atomic E-state index is 0.0249. The van der Waals surface area contributed by atoms with Gasteiger partial charge in [0.25, 0.3) is 0 Å². The fourth-order valence-corrected chi connectivity index (χ4v) is 1.35. The molecule has 72 valence electrons. The molecular formula is C10H10N2O2. The van der Waals surface area contributed by atoms with Gasteiger partial charge < -0.3 is 15.9 Å². The van der Waals surface area contributed by atoms with E-state index in [4.69, 9.17) is 15.9 Å². The lowest BCUT2D eigenvalue weighted by molar-refractivity contribution is 0.565. The van der Waals surface area contributed by atoms with E-state index in [1.165, 1.54) is 0 Å². The molecule has 0 aliphatic rings. The predicted molar refractivity (Wildman–Crippen MR) is 56.0 cm³/mol. The summed E-state index contributed by atoms with van der Waals surface area (Å²) in [4.78, 5) is 11.2. The third kappa shape index (κ3) is 1.12. The summed E-state index contributed by atoms with van der Waals surface area (Å²) in [5, 5.41) is 0.683. The quantitative estimate of drug-likeness (QED) is 0.613. The first-order valence-corrected chi connectivity index (χ1v) is 4.18. The van der Waals surface area contributed by atoms with Crippen LogP contribution in [0.3, 0.4) is 0 Å². The van der Waals surface area contributed by atoms with Gasteiger partial charge in [-0.3, -0.25) is 0 Å². The molecule has 4 nitrogen and oxygen atoms in total. The highest BCUT2D eigenvalue weighted by atomic mass is 16.4. The van der Waals surface area contributed by atoms with E-state index in [9.17, 15) is 4.79 Å². The highest BCUT2D eigenvalue weighted by Gasteiger charge is 2.08. The summed E-state index contributed by atoms with van der Waals surface area (Å²) in [5.41, 5.74) is 12.4. The van der Waals surface area contributed by atoms with Gasteiger partial charge in [0.2, 0.25) is 0 Å². The first-order valence-electron chi connectivity index (χ1n) is 4.18. The van der Waals surface area contributed by atoms with Crippen molar-refractivity contribution in [3.05, 3.63) is 34.2 Å². The van der Waals surface area contributed by atoms with E-state index >= 15 is 0 Å². The maximum absolute atomic E-state index is 11.2. The molecule has 0 aliphatic heterocycles. The van der Waals surface area contributed by atoms with Gasteiger partial charge in [-0.25, -0.2) is 4.79 Å². The first kappa shape index (κ1) is 8.62. The summed E-state index contributed by atoms with van der Waals surface area (Å²) in [5.74, 6) is 0. The molecule has 4 heteroatoms. The van der Waals surface area contributed by atoms with Gasteiger partial charge in [0, 0.05) is 5.39 Å². The number of hydrogen-bond donors (Lipinski definition) is 2. The van der Waals surface area contributed by atoms with Crippen molar-refractivity contribution in [3.8, 4) is 0 Å². The first-order chi connectivity index (χ1) is 6.59. The maximum Gasteiger partial charge on any atom is 0.361 e. The van der Waals surface area contributed by atoms with E-state index in [0.717, 1.165) is 5.56 Å². The normalized spacial score (nSPS) is 10.6. The fourth-order valence-electron chi connectivity index (χ4n) is 1.35. The van der Waals surface area contributed by atoms with Crippen LogP contribution in [0.2, 0.25) is 0 Å². The molecule has 0 fully saturated rings. The summed E-state index contributed by atoms with van der Waals surface area (Å²) >= 11 is 0. The van der Waals surface area contributed by atoms with E-state index < -0.39 is 5.63 Å². The Balaban J connectivity index is 2.99. The Bertz CT molecular complexity index is 558. The molecule has 0 spiro atoms. The number of nitrogens with two attached hydrogens (primary N) is 2. The van der Waals surface area contributed by atoms with E-state index in [0.29, 0.717) is 16.7 Å². The monoisotopic (exact) mass is 190 g/mol. The van der Waals surface area contributed by atoms with Gasteiger partial charge in [0.05, 0.1) is 5.69 Å².